The van der Waals surface area contributed by atoms with Crippen molar-refractivity contribution in [1.82, 2.24) is 10.6 Å². The molecule has 0 spiro atoms. The second-order valence-electron chi connectivity index (χ2n) is 9.26. The molecule has 190 valence electrons. The van der Waals surface area contributed by atoms with Crippen molar-refractivity contribution >= 4 is 11.6 Å². The van der Waals surface area contributed by atoms with Crippen LogP contribution >= 0.6 is 0 Å². The average Bonchev–Trinajstić information content (AvgIpc) is 2.85. The van der Waals surface area contributed by atoms with E-state index in [-0.39, 0.29) is 23.6 Å². The minimum Gasteiger partial charge on any atom is -0.454 e. The Kier molecular flexibility index (Phi) is 7.96. The average molecular weight is 498 g/mol. The van der Waals surface area contributed by atoms with E-state index in [0.717, 1.165) is 49.2 Å². The molecule has 0 radical (unpaired) electrons. The highest BCUT2D eigenvalue weighted by molar-refractivity contribution is 5.92. The molecule has 0 atom stereocenters. The first-order valence-corrected chi connectivity index (χ1v) is 12.0. The van der Waals surface area contributed by atoms with Gasteiger partial charge in [-0.1, -0.05) is 18.2 Å². The van der Waals surface area contributed by atoms with E-state index in [1.54, 1.807) is 19.2 Å². The minimum absolute atomic E-state index is 0.0975. The molecule has 36 heavy (non-hydrogen) atoms. The number of anilines is 1. The predicted octanol–water partition coefficient (Wildman–Crippen LogP) is 5.23. The Morgan fingerprint density at radius 3 is 2.36 bits per heavy atom. The number of ether oxygens (including phenoxy) is 1. The predicted molar refractivity (Wildman–Crippen MR) is 134 cm³/mol. The molecule has 1 amide bonds. The van der Waals surface area contributed by atoms with Crippen LogP contribution in [0, 0.1) is 24.4 Å². The molecule has 4 rings (SSSR count). The summed E-state index contributed by atoms with van der Waals surface area (Å²) in [7, 11) is 1.73. The molecular formula is C28H30F3N3O2. The lowest BCUT2D eigenvalue weighted by atomic mass is 9.68. The fourth-order valence-corrected chi connectivity index (χ4v) is 4.86. The molecule has 1 saturated heterocycles. The van der Waals surface area contributed by atoms with Gasteiger partial charge in [0.05, 0.1) is 6.54 Å². The Hall–Kier alpha value is -3.36. The van der Waals surface area contributed by atoms with Gasteiger partial charge >= 0.3 is 0 Å². The van der Waals surface area contributed by atoms with E-state index in [1.165, 1.54) is 5.56 Å². The van der Waals surface area contributed by atoms with Gasteiger partial charge in [0, 0.05) is 23.2 Å². The fraction of sp³-hybridized carbons (Fsp3) is 0.321. The van der Waals surface area contributed by atoms with Crippen LogP contribution < -0.4 is 20.7 Å². The van der Waals surface area contributed by atoms with E-state index in [4.69, 9.17) is 4.74 Å². The molecule has 0 bridgehead atoms. The van der Waals surface area contributed by atoms with E-state index < -0.39 is 17.5 Å². The fourth-order valence-electron chi connectivity index (χ4n) is 4.86. The maximum Gasteiger partial charge on any atom is 0.238 e. The third-order valence-corrected chi connectivity index (χ3v) is 6.66. The number of benzene rings is 3. The smallest absolute Gasteiger partial charge is 0.238 e. The molecule has 3 N–H and O–H groups in total. The summed E-state index contributed by atoms with van der Waals surface area (Å²) < 4.78 is 46.1. The van der Waals surface area contributed by atoms with Crippen LogP contribution in [0.5, 0.6) is 11.5 Å². The largest absolute Gasteiger partial charge is 0.454 e. The summed E-state index contributed by atoms with van der Waals surface area (Å²) in [6.45, 7) is 4.09. The van der Waals surface area contributed by atoms with Crippen molar-refractivity contribution in [3.05, 3.63) is 88.7 Å². The standard InChI is InChI=1S/C28H30F3N3O2/c1-18-3-6-20(34-27(35)17-32-2)13-22(18)28(9-11-33-12-10-28)16-19-4-7-21(8-5-19)36-26-15-24(30)23(29)14-25(26)31/h3-8,13-15,32-33H,9-12,16-17H2,1-2H3,(H,34,35). The Morgan fingerprint density at radius 1 is 0.972 bits per heavy atom. The first kappa shape index (κ1) is 25.7. The minimum atomic E-state index is -1.26. The van der Waals surface area contributed by atoms with Gasteiger partial charge in [-0.25, -0.2) is 13.2 Å². The second-order valence-corrected chi connectivity index (χ2v) is 9.26. The molecule has 3 aromatic carbocycles. The summed E-state index contributed by atoms with van der Waals surface area (Å²) in [5.74, 6) is -3.54. The Labute approximate surface area is 209 Å². The van der Waals surface area contributed by atoms with Crippen LogP contribution in [0.4, 0.5) is 18.9 Å². The number of hydrogen-bond donors (Lipinski definition) is 3. The quantitative estimate of drug-likeness (QED) is 0.373. The van der Waals surface area contributed by atoms with Crippen LogP contribution in [-0.4, -0.2) is 32.6 Å². The molecule has 5 nitrogen and oxygen atoms in total. The first-order chi connectivity index (χ1) is 17.3. The topological polar surface area (TPSA) is 62.4 Å². The number of likely N-dealkylation sites (N-methyl/N-ethyl adjacent to an activating group) is 1. The normalized spacial score (nSPS) is 14.9. The van der Waals surface area contributed by atoms with Crippen LogP contribution in [-0.2, 0) is 16.6 Å². The maximum atomic E-state index is 14.0. The third kappa shape index (κ3) is 5.88. The molecule has 1 heterocycles. The van der Waals surface area contributed by atoms with Gasteiger partial charge in [0.25, 0.3) is 0 Å². The summed E-state index contributed by atoms with van der Waals surface area (Å²) in [6.07, 6.45) is 2.63. The zero-order chi connectivity index (χ0) is 25.7. The summed E-state index contributed by atoms with van der Waals surface area (Å²) in [4.78, 5) is 12.1. The Bertz CT molecular complexity index is 1230. The number of rotatable bonds is 8. The van der Waals surface area contributed by atoms with Crippen molar-refractivity contribution in [1.29, 1.82) is 0 Å². The van der Waals surface area contributed by atoms with Crippen LogP contribution in [0.15, 0.2) is 54.6 Å². The van der Waals surface area contributed by atoms with Crippen molar-refractivity contribution < 1.29 is 22.7 Å². The number of nitrogens with one attached hydrogen (secondary N) is 3. The molecule has 0 unspecified atom stereocenters. The number of aryl methyl sites for hydroxylation is 1. The van der Waals surface area contributed by atoms with Gasteiger partial charge in [0.15, 0.2) is 23.2 Å². The molecule has 0 aromatic heterocycles. The van der Waals surface area contributed by atoms with Gasteiger partial charge in [0.2, 0.25) is 5.91 Å². The highest BCUT2D eigenvalue weighted by atomic mass is 19.2. The maximum absolute atomic E-state index is 14.0. The van der Waals surface area contributed by atoms with E-state index in [9.17, 15) is 18.0 Å². The number of halogens is 3. The zero-order valence-corrected chi connectivity index (χ0v) is 20.4. The molecule has 0 saturated carbocycles. The van der Waals surface area contributed by atoms with Gasteiger partial charge in [0.1, 0.15) is 5.75 Å². The lowest BCUT2D eigenvalue weighted by molar-refractivity contribution is -0.115. The molecule has 0 aliphatic carbocycles. The highest BCUT2D eigenvalue weighted by Gasteiger charge is 2.35. The summed E-state index contributed by atoms with van der Waals surface area (Å²) in [5.41, 5.74) is 4.08. The number of hydrogen-bond acceptors (Lipinski definition) is 4. The number of amides is 1. The van der Waals surface area contributed by atoms with Crippen LogP contribution in [0.1, 0.15) is 29.5 Å². The van der Waals surface area contributed by atoms with Crippen molar-refractivity contribution in [2.45, 2.75) is 31.6 Å². The molecule has 8 heteroatoms. The zero-order valence-electron chi connectivity index (χ0n) is 20.4. The number of piperidine rings is 1. The second kappa shape index (κ2) is 11.1. The van der Waals surface area contributed by atoms with E-state index in [1.807, 2.05) is 24.3 Å². The molecular weight excluding hydrogens is 467 g/mol. The Morgan fingerprint density at radius 2 is 1.67 bits per heavy atom. The lowest BCUT2D eigenvalue weighted by Gasteiger charge is -2.40. The summed E-state index contributed by atoms with van der Waals surface area (Å²) in [5, 5.41) is 9.25. The molecule has 1 aliphatic heterocycles. The lowest BCUT2D eigenvalue weighted by Crippen LogP contribution is -2.42. The van der Waals surface area contributed by atoms with Crippen molar-refractivity contribution in [3.63, 3.8) is 0 Å². The Balaban J connectivity index is 1.57. The van der Waals surface area contributed by atoms with Gasteiger partial charge in [-0.3, -0.25) is 4.79 Å². The van der Waals surface area contributed by atoms with Crippen LogP contribution in [0.3, 0.4) is 0 Å². The van der Waals surface area contributed by atoms with Gasteiger partial charge in [-0.15, -0.1) is 0 Å². The monoisotopic (exact) mass is 497 g/mol. The third-order valence-electron chi connectivity index (χ3n) is 6.66. The van der Waals surface area contributed by atoms with Crippen molar-refractivity contribution in [3.8, 4) is 11.5 Å². The van der Waals surface area contributed by atoms with Crippen LogP contribution in [0.25, 0.3) is 0 Å². The van der Waals surface area contributed by atoms with E-state index >= 15 is 0 Å². The van der Waals surface area contributed by atoms with E-state index in [0.29, 0.717) is 17.9 Å². The van der Waals surface area contributed by atoms with Crippen molar-refractivity contribution in [2.75, 3.05) is 32.0 Å². The SMILES string of the molecule is CNCC(=O)Nc1ccc(C)c(C2(Cc3ccc(Oc4cc(F)c(F)cc4F)cc3)CCNCC2)c1. The molecule has 1 fully saturated rings. The van der Waals surface area contributed by atoms with Gasteiger partial charge in [-0.05, 0) is 87.3 Å². The van der Waals surface area contributed by atoms with Crippen molar-refractivity contribution in [2.24, 2.45) is 0 Å². The van der Waals surface area contributed by atoms with Gasteiger partial charge in [-0.2, -0.15) is 0 Å². The van der Waals surface area contributed by atoms with Gasteiger partial charge < -0.3 is 20.7 Å². The summed E-state index contributed by atoms with van der Waals surface area (Å²) in [6, 6.07) is 14.4. The summed E-state index contributed by atoms with van der Waals surface area (Å²) >= 11 is 0. The van der Waals surface area contributed by atoms with E-state index in [2.05, 4.69) is 28.9 Å². The molecule has 1 aliphatic rings. The number of carbonyl (C=O) groups is 1. The number of carbonyl (C=O) groups excluding carboxylic acids is 1. The highest BCUT2D eigenvalue weighted by Crippen LogP contribution is 2.40. The first-order valence-electron chi connectivity index (χ1n) is 12.0. The molecule has 3 aromatic rings. The van der Waals surface area contributed by atoms with Crippen LogP contribution in [0.2, 0.25) is 0 Å².